The van der Waals surface area contributed by atoms with Crippen molar-refractivity contribution in [2.24, 2.45) is 0 Å². The Morgan fingerprint density at radius 2 is 1.68 bits per heavy atom. The maximum atomic E-state index is 10.9. The molecule has 0 amide bonds. The number of carbonyl (C=O) groups is 1. The van der Waals surface area contributed by atoms with E-state index in [2.05, 4.69) is 39.0 Å². The van der Waals surface area contributed by atoms with E-state index in [4.69, 9.17) is 5.11 Å². The maximum absolute atomic E-state index is 10.9. The zero-order chi connectivity index (χ0) is 15.9. The fraction of sp³-hybridized carbons (Fsp3) is 0.588. The van der Waals surface area contributed by atoms with Crippen molar-refractivity contribution >= 4 is 17.3 Å². The van der Waals surface area contributed by atoms with Crippen LogP contribution in [0.5, 0.6) is 0 Å². The van der Waals surface area contributed by atoms with Gasteiger partial charge in [-0.15, -0.1) is 0 Å². The summed E-state index contributed by atoms with van der Waals surface area (Å²) >= 11 is 0. The standard InChI is InChI=1S/C17H27N3O2/c1-18(2)15-5-7-16(8-6-15)20(12-9-17(21)22)14-13-19-10-3-4-11-19/h5-8H,3-4,9-14H2,1-2H3,(H,21,22). The zero-order valence-corrected chi connectivity index (χ0v) is 13.7. The first-order chi connectivity index (χ1) is 10.6. The fourth-order valence-corrected chi connectivity index (χ4v) is 2.83. The lowest BCUT2D eigenvalue weighted by atomic mass is 10.2. The molecule has 0 atom stereocenters. The van der Waals surface area contributed by atoms with E-state index in [-0.39, 0.29) is 6.42 Å². The Morgan fingerprint density at radius 3 is 2.23 bits per heavy atom. The Labute approximate surface area is 133 Å². The highest BCUT2D eigenvalue weighted by atomic mass is 16.4. The lowest BCUT2D eigenvalue weighted by Crippen LogP contribution is -2.35. The lowest BCUT2D eigenvalue weighted by molar-refractivity contribution is -0.136. The largest absolute Gasteiger partial charge is 0.481 e. The summed E-state index contributed by atoms with van der Waals surface area (Å²) in [5, 5.41) is 8.96. The van der Waals surface area contributed by atoms with Gasteiger partial charge in [0.05, 0.1) is 6.42 Å². The second kappa shape index (κ2) is 8.03. The molecule has 0 spiro atoms. The van der Waals surface area contributed by atoms with Gasteiger partial charge in [0.15, 0.2) is 0 Å². The molecule has 1 saturated heterocycles. The minimum Gasteiger partial charge on any atom is -0.481 e. The van der Waals surface area contributed by atoms with E-state index in [0.717, 1.165) is 24.5 Å². The van der Waals surface area contributed by atoms with Crippen LogP contribution in [-0.2, 0) is 4.79 Å². The number of likely N-dealkylation sites (tertiary alicyclic amines) is 1. The number of hydrogen-bond acceptors (Lipinski definition) is 4. The van der Waals surface area contributed by atoms with E-state index in [1.54, 1.807) is 0 Å². The predicted molar refractivity (Wildman–Crippen MR) is 90.9 cm³/mol. The minimum absolute atomic E-state index is 0.176. The Hall–Kier alpha value is -1.75. The molecule has 0 unspecified atom stereocenters. The van der Waals surface area contributed by atoms with Gasteiger partial charge in [-0.3, -0.25) is 4.79 Å². The molecule has 5 nitrogen and oxygen atoms in total. The number of nitrogens with zero attached hydrogens (tertiary/aromatic N) is 3. The lowest BCUT2D eigenvalue weighted by Gasteiger charge is -2.27. The van der Waals surface area contributed by atoms with Crippen molar-refractivity contribution in [1.29, 1.82) is 0 Å². The van der Waals surface area contributed by atoms with Crippen LogP contribution in [0.4, 0.5) is 11.4 Å². The molecular formula is C17H27N3O2. The number of rotatable bonds is 8. The molecule has 0 aromatic heterocycles. The summed E-state index contributed by atoms with van der Waals surface area (Å²) in [5.74, 6) is -0.740. The van der Waals surface area contributed by atoms with Gasteiger partial charge in [-0.2, -0.15) is 0 Å². The Kier molecular flexibility index (Phi) is 6.07. The van der Waals surface area contributed by atoms with Gasteiger partial charge in [0.1, 0.15) is 0 Å². The third-order valence-corrected chi connectivity index (χ3v) is 4.21. The molecule has 1 aliphatic rings. The number of benzene rings is 1. The molecule has 2 rings (SSSR count). The molecule has 0 radical (unpaired) electrons. The summed E-state index contributed by atoms with van der Waals surface area (Å²) in [4.78, 5) is 17.6. The molecule has 0 aliphatic carbocycles. The van der Waals surface area contributed by atoms with Crippen molar-refractivity contribution in [3.05, 3.63) is 24.3 Å². The van der Waals surface area contributed by atoms with Gasteiger partial charge in [0.2, 0.25) is 0 Å². The number of hydrogen-bond donors (Lipinski definition) is 1. The molecule has 1 heterocycles. The van der Waals surface area contributed by atoms with Crippen LogP contribution in [0, 0.1) is 0 Å². The van der Waals surface area contributed by atoms with E-state index in [1.165, 1.54) is 25.9 Å². The maximum Gasteiger partial charge on any atom is 0.305 e. The smallest absolute Gasteiger partial charge is 0.305 e. The second-order valence-corrected chi connectivity index (χ2v) is 6.09. The van der Waals surface area contributed by atoms with E-state index < -0.39 is 5.97 Å². The molecule has 0 saturated carbocycles. The molecule has 1 N–H and O–H groups in total. The van der Waals surface area contributed by atoms with Crippen molar-refractivity contribution in [1.82, 2.24) is 4.90 Å². The molecule has 1 aliphatic heterocycles. The van der Waals surface area contributed by atoms with E-state index in [0.29, 0.717) is 6.54 Å². The van der Waals surface area contributed by atoms with Crippen molar-refractivity contribution in [2.75, 3.05) is 56.6 Å². The van der Waals surface area contributed by atoms with Gasteiger partial charge in [0, 0.05) is 45.1 Å². The Morgan fingerprint density at radius 1 is 1.09 bits per heavy atom. The number of anilines is 2. The van der Waals surface area contributed by atoms with E-state index in [1.807, 2.05) is 14.1 Å². The quantitative estimate of drug-likeness (QED) is 0.797. The average molecular weight is 305 g/mol. The van der Waals surface area contributed by atoms with E-state index in [9.17, 15) is 4.79 Å². The normalized spacial score (nSPS) is 15.0. The van der Waals surface area contributed by atoms with Gasteiger partial charge < -0.3 is 19.8 Å². The van der Waals surface area contributed by atoms with Crippen molar-refractivity contribution in [3.8, 4) is 0 Å². The minimum atomic E-state index is -0.740. The third kappa shape index (κ3) is 4.91. The molecular weight excluding hydrogens is 278 g/mol. The van der Waals surface area contributed by atoms with Gasteiger partial charge in [0.25, 0.3) is 0 Å². The molecule has 0 bridgehead atoms. The topological polar surface area (TPSA) is 47.0 Å². The Bertz CT molecular complexity index is 467. The Balaban J connectivity index is 1.99. The van der Waals surface area contributed by atoms with Crippen molar-refractivity contribution in [2.45, 2.75) is 19.3 Å². The monoisotopic (exact) mass is 305 g/mol. The van der Waals surface area contributed by atoms with Crippen molar-refractivity contribution in [3.63, 3.8) is 0 Å². The summed E-state index contributed by atoms with van der Waals surface area (Å²) in [7, 11) is 4.04. The van der Waals surface area contributed by atoms with E-state index >= 15 is 0 Å². The van der Waals surface area contributed by atoms with Crippen LogP contribution in [0.15, 0.2) is 24.3 Å². The number of carboxylic acids is 1. The summed E-state index contributed by atoms with van der Waals surface area (Å²) in [6, 6.07) is 8.33. The SMILES string of the molecule is CN(C)c1ccc(N(CCC(=O)O)CCN2CCCC2)cc1. The van der Waals surface area contributed by atoms with Gasteiger partial charge in [-0.25, -0.2) is 0 Å². The number of aliphatic carboxylic acids is 1. The first-order valence-electron chi connectivity index (χ1n) is 8.03. The van der Waals surface area contributed by atoms with Crippen LogP contribution in [0.1, 0.15) is 19.3 Å². The average Bonchev–Trinajstić information content (AvgIpc) is 3.00. The molecule has 1 fully saturated rings. The highest BCUT2D eigenvalue weighted by Gasteiger charge is 2.14. The van der Waals surface area contributed by atoms with Gasteiger partial charge in [-0.05, 0) is 50.2 Å². The van der Waals surface area contributed by atoms with Gasteiger partial charge >= 0.3 is 5.97 Å². The summed E-state index contributed by atoms with van der Waals surface area (Å²) in [6.45, 7) is 4.80. The summed E-state index contributed by atoms with van der Waals surface area (Å²) < 4.78 is 0. The summed E-state index contributed by atoms with van der Waals surface area (Å²) in [5.41, 5.74) is 2.26. The van der Waals surface area contributed by atoms with Gasteiger partial charge in [-0.1, -0.05) is 0 Å². The molecule has 22 heavy (non-hydrogen) atoms. The molecule has 122 valence electrons. The number of carboxylic acid groups (broad SMARTS) is 1. The second-order valence-electron chi connectivity index (χ2n) is 6.09. The summed E-state index contributed by atoms with van der Waals surface area (Å²) in [6.07, 6.45) is 2.74. The highest BCUT2D eigenvalue weighted by Crippen LogP contribution is 2.20. The highest BCUT2D eigenvalue weighted by molar-refractivity contribution is 5.68. The van der Waals surface area contributed by atoms with Crippen LogP contribution in [0.25, 0.3) is 0 Å². The van der Waals surface area contributed by atoms with Crippen molar-refractivity contribution < 1.29 is 9.90 Å². The fourth-order valence-electron chi connectivity index (χ4n) is 2.83. The van der Waals surface area contributed by atoms with Crippen LogP contribution >= 0.6 is 0 Å². The van der Waals surface area contributed by atoms with Crippen LogP contribution < -0.4 is 9.80 Å². The van der Waals surface area contributed by atoms with Crippen LogP contribution in [-0.4, -0.2) is 62.8 Å². The zero-order valence-electron chi connectivity index (χ0n) is 13.7. The first-order valence-corrected chi connectivity index (χ1v) is 8.03. The van der Waals surface area contributed by atoms with Crippen LogP contribution in [0.3, 0.4) is 0 Å². The van der Waals surface area contributed by atoms with Crippen LogP contribution in [0.2, 0.25) is 0 Å². The predicted octanol–water partition coefficient (Wildman–Crippen LogP) is 2.13. The molecule has 1 aromatic carbocycles. The first kappa shape index (κ1) is 16.6. The molecule has 1 aromatic rings. The molecule has 5 heteroatoms. The third-order valence-electron chi connectivity index (χ3n) is 4.21.